The zero-order valence-electron chi connectivity index (χ0n) is 7.58. The van der Waals surface area contributed by atoms with Gasteiger partial charge in [-0.05, 0) is 6.08 Å². The minimum absolute atomic E-state index is 0.335. The lowest BCUT2D eigenvalue weighted by Crippen LogP contribution is -2.27. The second-order valence-corrected chi connectivity index (χ2v) is 3.95. The van der Waals surface area contributed by atoms with Crippen LogP contribution in [0.4, 0.5) is 0 Å². The van der Waals surface area contributed by atoms with Gasteiger partial charge in [0.25, 0.3) is 0 Å². The third kappa shape index (κ3) is 1.43. The molecule has 0 aromatic heterocycles. The normalized spacial score (nSPS) is 19.0. The highest BCUT2D eigenvalue weighted by Gasteiger charge is 2.25. The van der Waals surface area contributed by atoms with E-state index in [1.54, 1.807) is 12.3 Å². The topological polar surface area (TPSA) is 41.6 Å². The Bertz CT molecular complexity index is 371. The Morgan fingerprint density at radius 3 is 3.21 bits per heavy atom. The smallest absolute Gasteiger partial charge is 0.341 e. The van der Waals surface area contributed by atoms with Crippen LogP contribution in [-0.4, -0.2) is 24.5 Å². The second kappa shape index (κ2) is 3.49. The van der Waals surface area contributed by atoms with Crippen LogP contribution in [-0.2, 0) is 9.53 Å². The fraction of sp³-hybridized carbons (Fsp3) is 0.222. The van der Waals surface area contributed by atoms with E-state index in [4.69, 9.17) is 0 Å². The van der Waals surface area contributed by atoms with Gasteiger partial charge in [-0.15, -0.1) is 0 Å². The van der Waals surface area contributed by atoms with Crippen LogP contribution in [0.1, 0.15) is 0 Å². The number of nitrogens with one attached hydrogen (secondary N) is 1. The van der Waals surface area contributed by atoms with Gasteiger partial charge in [-0.25, -0.2) is 4.79 Å². The molecule has 0 radical (unpaired) electrons. The molecular formula is C9H9BrN2O2. The highest BCUT2D eigenvalue weighted by molar-refractivity contribution is 9.11. The Labute approximate surface area is 90.0 Å². The SMILES string of the molecule is COC(=O)C1=C2NC=CN2CC(Br)=C1. The van der Waals surface area contributed by atoms with Crippen molar-refractivity contribution in [2.45, 2.75) is 0 Å². The molecule has 0 aromatic carbocycles. The summed E-state index contributed by atoms with van der Waals surface area (Å²) in [5, 5.41) is 3.00. The van der Waals surface area contributed by atoms with Crippen molar-refractivity contribution in [1.82, 2.24) is 10.2 Å². The first-order valence-corrected chi connectivity index (χ1v) is 4.90. The Morgan fingerprint density at radius 1 is 1.71 bits per heavy atom. The molecule has 2 aliphatic rings. The van der Waals surface area contributed by atoms with Gasteiger partial charge in [0.2, 0.25) is 0 Å². The van der Waals surface area contributed by atoms with Crippen molar-refractivity contribution in [3.05, 3.63) is 34.4 Å². The molecule has 0 unspecified atom stereocenters. The van der Waals surface area contributed by atoms with E-state index < -0.39 is 0 Å². The molecule has 1 N–H and O–H groups in total. The maximum atomic E-state index is 11.4. The Morgan fingerprint density at radius 2 is 2.50 bits per heavy atom. The molecule has 0 saturated heterocycles. The second-order valence-electron chi connectivity index (χ2n) is 2.93. The molecule has 5 heteroatoms. The van der Waals surface area contributed by atoms with Gasteiger partial charge in [0, 0.05) is 16.9 Å². The highest BCUT2D eigenvalue weighted by atomic mass is 79.9. The maximum absolute atomic E-state index is 11.4. The lowest BCUT2D eigenvalue weighted by atomic mass is 10.2. The summed E-state index contributed by atoms with van der Waals surface area (Å²) in [6, 6.07) is 0. The van der Waals surface area contributed by atoms with E-state index in [9.17, 15) is 4.79 Å². The van der Waals surface area contributed by atoms with Crippen molar-refractivity contribution in [1.29, 1.82) is 0 Å². The van der Waals surface area contributed by atoms with Crippen LogP contribution in [0.3, 0.4) is 0 Å². The van der Waals surface area contributed by atoms with E-state index in [1.165, 1.54) is 7.11 Å². The number of nitrogens with zero attached hydrogens (tertiary/aromatic N) is 1. The molecule has 0 spiro atoms. The third-order valence-electron chi connectivity index (χ3n) is 2.04. The van der Waals surface area contributed by atoms with Gasteiger partial charge in [-0.1, -0.05) is 15.9 Å². The molecule has 2 heterocycles. The Hall–Kier alpha value is -1.23. The molecule has 4 nitrogen and oxygen atoms in total. The quantitative estimate of drug-likeness (QED) is 0.712. The van der Waals surface area contributed by atoms with E-state index >= 15 is 0 Å². The first kappa shape index (κ1) is 9.33. The van der Waals surface area contributed by atoms with Gasteiger partial charge in [0.05, 0.1) is 13.7 Å². The average molecular weight is 257 g/mol. The summed E-state index contributed by atoms with van der Waals surface area (Å²) in [5.41, 5.74) is 0.538. The largest absolute Gasteiger partial charge is 0.465 e. The summed E-state index contributed by atoms with van der Waals surface area (Å²) >= 11 is 3.38. The highest BCUT2D eigenvalue weighted by Crippen LogP contribution is 2.25. The van der Waals surface area contributed by atoms with Crippen molar-refractivity contribution in [2.24, 2.45) is 0 Å². The van der Waals surface area contributed by atoms with Crippen molar-refractivity contribution in [3.63, 3.8) is 0 Å². The molecule has 14 heavy (non-hydrogen) atoms. The summed E-state index contributed by atoms with van der Waals surface area (Å²) < 4.78 is 5.64. The summed E-state index contributed by atoms with van der Waals surface area (Å²) in [4.78, 5) is 13.4. The number of rotatable bonds is 1. The van der Waals surface area contributed by atoms with Crippen LogP contribution in [0.2, 0.25) is 0 Å². The number of hydrogen-bond donors (Lipinski definition) is 1. The van der Waals surface area contributed by atoms with Crippen LogP contribution < -0.4 is 5.32 Å². The Kier molecular flexibility index (Phi) is 2.33. The van der Waals surface area contributed by atoms with Crippen LogP contribution in [0.15, 0.2) is 34.4 Å². The number of ether oxygens (including phenoxy) is 1. The van der Waals surface area contributed by atoms with Crippen LogP contribution in [0.5, 0.6) is 0 Å². The van der Waals surface area contributed by atoms with Crippen LogP contribution in [0.25, 0.3) is 0 Å². The van der Waals surface area contributed by atoms with E-state index in [0.29, 0.717) is 5.57 Å². The molecule has 2 aliphatic heterocycles. The number of carbonyl (C=O) groups excluding carboxylic acids is 1. The average Bonchev–Trinajstić information content (AvgIpc) is 2.62. The molecule has 2 rings (SSSR count). The lowest BCUT2D eigenvalue weighted by Gasteiger charge is -2.23. The van der Waals surface area contributed by atoms with Gasteiger partial charge < -0.3 is 15.0 Å². The van der Waals surface area contributed by atoms with Gasteiger partial charge in [0.15, 0.2) is 0 Å². The summed E-state index contributed by atoms with van der Waals surface area (Å²) in [6.07, 6.45) is 5.45. The zero-order valence-corrected chi connectivity index (χ0v) is 9.17. The third-order valence-corrected chi connectivity index (χ3v) is 2.52. The van der Waals surface area contributed by atoms with Gasteiger partial charge in [-0.3, -0.25) is 0 Å². The standard InChI is InChI=1S/C9H9BrN2O2/c1-14-9(13)7-4-6(10)5-12-3-2-11-8(7)12/h2-4,11H,5H2,1H3. The molecule has 0 saturated carbocycles. The number of methoxy groups -OCH3 is 1. The van der Waals surface area contributed by atoms with Crippen LogP contribution >= 0.6 is 15.9 Å². The molecule has 0 aliphatic carbocycles. The monoisotopic (exact) mass is 256 g/mol. The molecule has 0 aromatic rings. The molecule has 0 amide bonds. The summed E-state index contributed by atoms with van der Waals surface area (Å²) in [6.45, 7) is 0.735. The minimum Gasteiger partial charge on any atom is -0.465 e. The first-order chi connectivity index (χ1) is 6.72. The molecule has 0 atom stereocenters. The molecule has 0 bridgehead atoms. The van der Waals surface area contributed by atoms with E-state index in [2.05, 4.69) is 26.0 Å². The number of halogens is 1. The fourth-order valence-corrected chi connectivity index (χ4v) is 1.93. The number of carbonyl (C=O) groups is 1. The number of esters is 1. The lowest BCUT2D eigenvalue weighted by molar-refractivity contribution is -0.135. The zero-order chi connectivity index (χ0) is 10.1. The maximum Gasteiger partial charge on any atom is 0.341 e. The van der Waals surface area contributed by atoms with Gasteiger partial charge in [-0.2, -0.15) is 0 Å². The van der Waals surface area contributed by atoms with E-state index in [0.717, 1.165) is 16.8 Å². The van der Waals surface area contributed by atoms with Crippen molar-refractivity contribution in [2.75, 3.05) is 13.7 Å². The molecule has 0 fully saturated rings. The van der Waals surface area contributed by atoms with E-state index in [1.807, 2.05) is 11.1 Å². The van der Waals surface area contributed by atoms with Crippen molar-refractivity contribution in [3.8, 4) is 0 Å². The summed E-state index contributed by atoms with van der Waals surface area (Å²) in [7, 11) is 1.37. The van der Waals surface area contributed by atoms with Gasteiger partial charge in [0.1, 0.15) is 11.4 Å². The number of hydrogen-bond acceptors (Lipinski definition) is 4. The summed E-state index contributed by atoms with van der Waals surface area (Å²) in [5.74, 6) is 0.443. The van der Waals surface area contributed by atoms with E-state index in [-0.39, 0.29) is 5.97 Å². The first-order valence-electron chi connectivity index (χ1n) is 4.11. The molecule has 74 valence electrons. The number of fused-ring (bicyclic) bond motifs is 1. The predicted molar refractivity (Wildman–Crippen MR) is 55.0 cm³/mol. The van der Waals surface area contributed by atoms with Crippen molar-refractivity contribution >= 4 is 21.9 Å². The minimum atomic E-state index is -0.335. The van der Waals surface area contributed by atoms with Crippen LogP contribution in [0, 0.1) is 0 Å². The van der Waals surface area contributed by atoms with Gasteiger partial charge >= 0.3 is 5.97 Å². The fourth-order valence-electron chi connectivity index (χ4n) is 1.43. The molecular weight excluding hydrogens is 248 g/mol. The Balaban J connectivity index is 2.40. The predicted octanol–water partition coefficient (Wildman–Crippen LogP) is 1.04. The van der Waals surface area contributed by atoms with Crippen molar-refractivity contribution < 1.29 is 9.53 Å².